The van der Waals surface area contributed by atoms with E-state index in [-0.39, 0.29) is 0 Å². The van der Waals surface area contributed by atoms with Crippen molar-refractivity contribution >= 4 is 32.6 Å². The van der Waals surface area contributed by atoms with Crippen LogP contribution in [0.4, 0.5) is 0 Å². The summed E-state index contributed by atoms with van der Waals surface area (Å²) >= 11 is 1.61. The largest absolute Gasteiger partial charge is 0.251 e. The predicted molar refractivity (Wildman–Crippen MR) is 82.9 cm³/mol. The van der Waals surface area contributed by atoms with Crippen LogP contribution in [0, 0.1) is 6.92 Å². The van der Waals surface area contributed by atoms with Gasteiger partial charge in [-0.15, -0.1) is 0 Å². The summed E-state index contributed by atoms with van der Waals surface area (Å²) in [4.78, 5) is 14.8. The fourth-order valence-corrected chi connectivity index (χ4v) is 3.17. The quantitative estimate of drug-likeness (QED) is 0.523. The minimum absolute atomic E-state index is 0.898. The van der Waals surface area contributed by atoms with E-state index < -0.39 is 0 Å². The maximum Gasteiger partial charge on any atom is 0.146 e. The van der Waals surface area contributed by atoms with Gasteiger partial charge in [-0.25, -0.2) is 9.97 Å². The van der Waals surface area contributed by atoms with E-state index in [1.165, 1.54) is 0 Å². The third kappa shape index (κ3) is 1.77. The van der Waals surface area contributed by atoms with Crippen LogP contribution in [0.15, 0.2) is 48.7 Å². The van der Waals surface area contributed by atoms with Crippen molar-refractivity contribution in [2.45, 2.75) is 6.92 Å². The molecule has 0 N–H and O–H groups in total. The average molecular weight is 277 g/mol. The Bertz CT molecular complexity index is 913. The Labute approximate surface area is 120 Å². The molecule has 0 spiro atoms. The normalized spacial score (nSPS) is 11.2. The molecular formula is C16H11N3S. The lowest BCUT2D eigenvalue weighted by atomic mass is 10.2. The fourth-order valence-electron chi connectivity index (χ4n) is 2.25. The number of aryl methyl sites for hydroxylation is 1. The van der Waals surface area contributed by atoms with Crippen LogP contribution in [0.25, 0.3) is 31.8 Å². The van der Waals surface area contributed by atoms with Crippen molar-refractivity contribution < 1.29 is 0 Å². The molecule has 3 heterocycles. The molecule has 0 aliphatic carbocycles. The van der Waals surface area contributed by atoms with E-state index in [1.54, 1.807) is 11.3 Å². The van der Waals surface area contributed by atoms with E-state index in [2.05, 4.69) is 22.1 Å². The first-order valence-corrected chi connectivity index (χ1v) is 7.21. The van der Waals surface area contributed by atoms with Gasteiger partial charge in [-0.05, 0) is 19.1 Å². The number of benzene rings is 1. The molecule has 20 heavy (non-hydrogen) atoms. The topological polar surface area (TPSA) is 38.7 Å². The molecule has 0 atom stereocenters. The number of nitrogens with zero attached hydrogens (tertiary/aromatic N) is 3. The molecular weight excluding hydrogens is 266 g/mol. The van der Waals surface area contributed by atoms with Gasteiger partial charge in [0.1, 0.15) is 20.9 Å². The highest BCUT2D eigenvalue weighted by molar-refractivity contribution is 7.21. The van der Waals surface area contributed by atoms with Crippen molar-refractivity contribution in [2.24, 2.45) is 0 Å². The molecule has 4 aromatic rings. The molecule has 4 heteroatoms. The molecule has 96 valence electrons. The number of pyridine rings is 2. The van der Waals surface area contributed by atoms with Crippen molar-refractivity contribution in [1.29, 1.82) is 0 Å². The lowest BCUT2D eigenvalue weighted by Gasteiger charge is -1.98. The smallest absolute Gasteiger partial charge is 0.146 e. The van der Waals surface area contributed by atoms with Crippen LogP contribution in [0.5, 0.6) is 0 Å². The van der Waals surface area contributed by atoms with Gasteiger partial charge in [-0.2, -0.15) is 0 Å². The maximum atomic E-state index is 4.75. The molecule has 0 aliphatic heterocycles. The van der Waals surface area contributed by atoms with Gasteiger partial charge < -0.3 is 0 Å². The van der Waals surface area contributed by atoms with E-state index in [0.717, 1.165) is 37.5 Å². The van der Waals surface area contributed by atoms with Gasteiger partial charge in [-0.3, -0.25) is 4.98 Å². The molecule has 0 unspecified atom stereocenters. The van der Waals surface area contributed by atoms with Gasteiger partial charge in [0.25, 0.3) is 0 Å². The second-order valence-electron chi connectivity index (χ2n) is 4.69. The summed E-state index contributed by atoms with van der Waals surface area (Å²) in [6.45, 7) is 2.00. The van der Waals surface area contributed by atoms with E-state index in [9.17, 15) is 0 Å². The minimum Gasteiger partial charge on any atom is -0.251 e. The van der Waals surface area contributed by atoms with Crippen LogP contribution in [0.1, 0.15) is 5.69 Å². The second-order valence-corrected chi connectivity index (χ2v) is 5.66. The van der Waals surface area contributed by atoms with Gasteiger partial charge >= 0.3 is 0 Å². The molecule has 0 saturated heterocycles. The van der Waals surface area contributed by atoms with E-state index >= 15 is 0 Å². The highest BCUT2D eigenvalue weighted by atomic mass is 32.1. The first-order valence-electron chi connectivity index (χ1n) is 6.39. The first-order chi connectivity index (χ1) is 9.81. The Kier molecular flexibility index (Phi) is 2.50. The van der Waals surface area contributed by atoms with Gasteiger partial charge in [0.2, 0.25) is 0 Å². The lowest BCUT2D eigenvalue weighted by molar-refractivity contribution is 1.25. The molecule has 0 radical (unpaired) electrons. The van der Waals surface area contributed by atoms with Crippen molar-refractivity contribution in [3.8, 4) is 10.6 Å². The summed E-state index contributed by atoms with van der Waals surface area (Å²) in [5.74, 6) is 0. The Morgan fingerprint density at radius 3 is 2.60 bits per heavy atom. The molecule has 4 rings (SSSR count). The Morgan fingerprint density at radius 2 is 1.75 bits per heavy atom. The Balaban J connectivity index is 2.04. The summed E-state index contributed by atoms with van der Waals surface area (Å²) < 4.78 is 0. The molecule has 3 nitrogen and oxygen atoms in total. The number of thiazole rings is 1. The van der Waals surface area contributed by atoms with Crippen LogP contribution in [-0.2, 0) is 0 Å². The highest BCUT2D eigenvalue weighted by Crippen LogP contribution is 2.31. The Hall–Kier alpha value is -2.33. The van der Waals surface area contributed by atoms with Gasteiger partial charge in [0.15, 0.2) is 0 Å². The van der Waals surface area contributed by atoms with Crippen LogP contribution in [0.3, 0.4) is 0 Å². The SMILES string of the molecule is Cc1ccc2cnc3sc(-c4ccccc4)nc3c2n1. The highest BCUT2D eigenvalue weighted by Gasteiger charge is 2.11. The lowest BCUT2D eigenvalue weighted by Crippen LogP contribution is -1.86. The van der Waals surface area contributed by atoms with Crippen molar-refractivity contribution in [2.75, 3.05) is 0 Å². The van der Waals surface area contributed by atoms with Crippen molar-refractivity contribution in [3.63, 3.8) is 0 Å². The molecule has 0 amide bonds. The van der Waals surface area contributed by atoms with Gasteiger partial charge in [0.05, 0.1) is 0 Å². The summed E-state index contributed by atoms with van der Waals surface area (Å²) in [6.07, 6.45) is 1.87. The monoisotopic (exact) mass is 277 g/mol. The van der Waals surface area contributed by atoms with Crippen LogP contribution >= 0.6 is 11.3 Å². The number of rotatable bonds is 1. The van der Waals surface area contributed by atoms with E-state index in [1.807, 2.05) is 43.5 Å². The zero-order valence-electron chi connectivity index (χ0n) is 10.9. The van der Waals surface area contributed by atoms with Crippen LogP contribution in [0.2, 0.25) is 0 Å². The number of hydrogen-bond donors (Lipinski definition) is 0. The number of fused-ring (bicyclic) bond motifs is 3. The Morgan fingerprint density at radius 1 is 0.900 bits per heavy atom. The third-order valence-electron chi connectivity index (χ3n) is 3.24. The van der Waals surface area contributed by atoms with Crippen molar-refractivity contribution in [3.05, 3.63) is 54.4 Å². The summed E-state index contributed by atoms with van der Waals surface area (Å²) in [5, 5.41) is 2.02. The molecule has 3 aromatic heterocycles. The maximum absolute atomic E-state index is 4.75. The average Bonchev–Trinajstić information content (AvgIpc) is 2.93. The zero-order valence-corrected chi connectivity index (χ0v) is 11.7. The fraction of sp³-hybridized carbons (Fsp3) is 0.0625. The van der Waals surface area contributed by atoms with Crippen LogP contribution < -0.4 is 0 Å². The third-order valence-corrected chi connectivity index (χ3v) is 4.25. The predicted octanol–water partition coefficient (Wildman–Crippen LogP) is 4.21. The number of hydrogen-bond acceptors (Lipinski definition) is 4. The molecule has 0 aliphatic rings. The van der Waals surface area contributed by atoms with Crippen molar-refractivity contribution in [1.82, 2.24) is 15.0 Å². The second kappa shape index (κ2) is 4.35. The summed E-state index contributed by atoms with van der Waals surface area (Å²) in [5.41, 5.74) is 3.96. The molecule has 0 bridgehead atoms. The standard InChI is InChI=1S/C16H11N3S/c1-10-7-8-12-9-17-16-14(13(12)18-10)19-15(20-16)11-5-3-2-4-6-11/h2-9H,1H3. The summed E-state index contributed by atoms with van der Waals surface area (Å²) in [7, 11) is 0. The minimum atomic E-state index is 0.898. The molecule has 1 aromatic carbocycles. The molecule has 0 saturated carbocycles. The zero-order chi connectivity index (χ0) is 13.5. The molecule has 0 fully saturated rings. The summed E-state index contributed by atoms with van der Waals surface area (Å²) in [6, 6.07) is 14.2. The van der Waals surface area contributed by atoms with E-state index in [4.69, 9.17) is 4.98 Å². The van der Waals surface area contributed by atoms with Gasteiger partial charge in [-0.1, -0.05) is 41.7 Å². The first kappa shape index (κ1) is 11.5. The van der Waals surface area contributed by atoms with Gasteiger partial charge in [0, 0.05) is 22.8 Å². The van der Waals surface area contributed by atoms with Crippen LogP contribution in [-0.4, -0.2) is 15.0 Å². The van der Waals surface area contributed by atoms with E-state index in [0.29, 0.717) is 0 Å². The number of aromatic nitrogens is 3.